The fraction of sp³-hybridized carbons (Fsp3) is 0.231. The van der Waals surface area contributed by atoms with Crippen LogP contribution in [0.15, 0.2) is 35.7 Å². The average Bonchev–Trinajstić information content (AvgIpc) is 2.78. The van der Waals surface area contributed by atoms with Crippen LogP contribution in [0, 0.1) is 5.82 Å². The third kappa shape index (κ3) is 1.66. The van der Waals surface area contributed by atoms with Crippen molar-refractivity contribution in [3.8, 4) is 0 Å². The van der Waals surface area contributed by atoms with Gasteiger partial charge in [-0.25, -0.2) is 4.39 Å². The quantitative estimate of drug-likeness (QED) is 0.798. The Labute approximate surface area is 97.9 Å². The molecule has 0 radical (unpaired) electrons. The van der Waals surface area contributed by atoms with E-state index in [-0.39, 0.29) is 11.9 Å². The van der Waals surface area contributed by atoms with Crippen molar-refractivity contribution < 1.29 is 4.39 Å². The summed E-state index contributed by atoms with van der Waals surface area (Å²) >= 11 is 1.81. The van der Waals surface area contributed by atoms with Gasteiger partial charge >= 0.3 is 0 Å². The average molecular weight is 233 g/mol. The van der Waals surface area contributed by atoms with E-state index in [1.165, 1.54) is 22.6 Å². The normalized spacial score (nSPS) is 19.4. The van der Waals surface area contributed by atoms with Crippen molar-refractivity contribution in [2.24, 2.45) is 0 Å². The van der Waals surface area contributed by atoms with Crippen molar-refractivity contribution >= 4 is 11.3 Å². The molecule has 0 spiro atoms. The Morgan fingerprint density at radius 3 is 2.81 bits per heavy atom. The molecule has 1 aliphatic heterocycles. The summed E-state index contributed by atoms with van der Waals surface area (Å²) in [5, 5.41) is 5.61. The Morgan fingerprint density at radius 2 is 2.00 bits per heavy atom. The minimum absolute atomic E-state index is 0.176. The van der Waals surface area contributed by atoms with Gasteiger partial charge < -0.3 is 5.32 Å². The lowest BCUT2D eigenvalue weighted by Crippen LogP contribution is -2.29. The lowest BCUT2D eigenvalue weighted by Gasteiger charge is -2.24. The molecule has 0 aliphatic carbocycles. The molecule has 0 saturated carbocycles. The van der Waals surface area contributed by atoms with Crippen LogP contribution in [0.1, 0.15) is 22.0 Å². The van der Waals surface area contributed by atoms with E-state index in [2.05, 4.69) is 16.8 Å². The zero-order valence-electron chi connectivity index (χ0n) is 8.74. The second-order valence-corrected chi connectivity index (χ2v) is 4.99. The van der Waals surface area contributed by atoms with Crippen LogP contribution in [0.4, 0.5) is 4.39 Å². The van der Waals surface area contributed by atoms with E-state index in [1.54, 1.807) is 0 Å². The molecule has 1 unspecified atom stereocenters. The molecule has 82 valence electrons. The summed E-state index contributed by atoms with van der Waals surface area (Å²) in [7, 11) is 0. The van der Waals surface area contributed by atoms with E-state index >= 15 is 0 Å². The fourth-order valence-corrected chi connectivity index (χ4v) is 3.12. The molecule has 1 aromatic heterocycles. The third-order valence-electron chi connectivity index (χ3n) is 2.99. The molecule has 1 nitrogen and oxygen atoms in total. The van der Waals surface area contributed by atoms with Gasteiger partial charge in [-0.1, -0.05) is 12.1 Å². The SMILES string of the molecule is Fc1ccc(C2NCCc3sccc32)cc1. The Kier molecular flexibility index (Phi) is 2.50. The first-order chi connectivity index (χ1) is 7.84. The predicted octanol–water partition coefficient (Wildman–Crippen LogP) is 3.12. The van der Waals surface area contributed by atoms with Crippen LogP contribution in [0.25, 0.3) is 0 Å². The molecule has 3 heteroatoms. The predicted molar refractivity (Wildman–Crippen MR) is 64.3 cm³/mol. The molecule has 3 rings (SSSR count). The first-order valence-corrected chi connectivity index (χ1v) is 6.27. The lowest BCUT2D eigenvalue weighted by molar-refractivity contribution is 0.571. The highest BCUT2D eigenvalue weighted by atomic mass is 32.1. The standard InChI is InChI=1S/C13H12FNS/c14-10-3-1-9(2-4-10)13-11-6-8-16-12(11)5-7-15-13/h1-4,6,8,13,15H,5,7H2. The van der Waals surface area contributed by atoms with Gasteiger partial charge in [0.1, 0.15) is 5.82 Å². The van der Waals surface area contributed by atoms with Crippen molar-refractivity contribution in [1.29, 1.82) is 0 Å². The lowest BCUT2D eigenvalue weighted by atomic mass is 9.95. The smallest absolute Gasteiger partial charge is 0.123 e. The van der Waals surface area contributed by atoms with Gasteiger partial charge in [0.25, 0.3) is 0 Å². The molecule has 0 fully saturated rings. The van der Waals surface area contributed by atoms with Crippen molar-refractivity contribution in [2.75, 3.05) is 6.54 Å². The number of benzene rings is 1. The van der Waals surface area contributed by atoms with Crippen LogP contribution in [0.3, 0.4) is 0 Å². The van der Waals surface area contributed by atoms with Crippen LogP contribution in [0.5, 0.6) is 0 Å². The maximum Gasteiger partial charge on any atom is 0.123 e. The Balaban J connectivity index is 2.00. The number of halogens is 1. The van der Waals surface area contributed by atoms with E-state index in [0.29, 0.717) is 0 Å². The second-order valence-electron chi connectivity index (χ2n) is 3.99. The topological polar surface area (TPSA) is 12.0 Å². The summed E-state index contributed by atoms with van der Waals surface area (Å²) in [6.45, 7) is 0.996. The Hall–Kier alpha value is -1.19. The number of hydrogen-bond donors (Lipinski definition) is 1. The number of nitrogens with one attached hydrogen (secondary N) is 1. The van der Waals surface area contributed by atoms with E-state index in [4.69, 9.17) is 0 Å². The summed E-state index contributed by atoms with van der Waals surface area (Å²) in [5.74, 6) is -0.176. The van der Waals surface area contributed by atoms with Crippen LogP contribution < -0.4 is 5.32 Å². The van der Waals surface area contributed by atoms with Crippen LogP contribution in [-0.2, 0) is 6.42 Å². The number of rotatable bonds is 1. The van der Waals surface area contributed by atoms with Gasteiger partial charge in [0.05, 0.1) is 6.04 Å². The fourth-order valence-electron chi connectivity index (χ4n) is 2.20. The van der Waals surface area contributed by atoms with Gasteiger partial charge in [0, 0.05) is 11.4 Å². The summed E-state index contributed by atoms with van der Waals surface area (Å²) < 4.78 is 12.9. The summed E-state index contributed by atoms with van der Waals surface area (Å²) in [6, 6.07) is 9.17. The van der Waals surface area contributed by atoms with E-state index in [9.17, 15) is 4.39 Å². The molecule has 2 heterocycles. The summed E-state index contributed by atoms with van der Waals surface area (Å²) in [4.78, 5) is 1.45. The van der Waals surface area contributed by atoms with E-state index < -0.39 is 0 Å². The molecular formula is C13H12FNS. The molecular weight excluding hydrogens is 221 g/mol. The first kappa shape index (κ1) is 10.00. The number of fused-ring (bicyclic) bond motifs is 1. The van der Waals surface area contributed by atoms with Gasteiger partial charge in [-0.15, -0.1) is 11.3 Å². The van der Waals surface area contributed by atoms with Gasteiger partial charge in [-0.3, -0.25) is 0 Å². The summed E-state index contributed by atoms with van der Waals surface area (Å²) in [5.41, 5.74) is 2.49. The maximum atomic E-state index is 12.9. The molecule has 1 N–H and O–H groups in total. The zero-order chi connectivity index (χ0) is 11.0. The number of hydrogen-bond acceptors (Lipinski definition) is 2. The monoisotopic (exact) mass is 233 g/mol. The number of thiophene rings is 1. The molecule has 1 atom stereocenters. The minimum Gasteiger partial charge on any atom is -0.306 e. The largest absolute Gasteiger partial charge is 0.306 e. The van der Waals surface area contributed by atoms with Crippen LogP contribution in [0.2, 0.25) is 0 Å². The van der Waals surface area contributed by atoms with Crippen LogP contribution in [-0.4, -0.2) is 6.54 Å². The maximum absolute atomic E-state index is 12.9. The van der Waals surface area contributed by atoms with Crippen molar-refractivity contribution in [1.82, 2.24) is 5.32 Å². The van der Waals surface area contributed by atoms with Crippen molar-refractivity contribution in [3.63, 3.8) is 0 Å². The van der Waals surface area contributed by atoms with Gasteiger partial charge in [-0.05, 0) is 41.1 Å². The molecule has 0 amide bonds. The summed E-state index contributed by atoms with van der Waals surface area (Å²) in [6.07, 6.45) is 1.10. The van der Waals surface area contributed by atoms with Gasteiger partial charge in [0.15, 0.2) is 0 Å². The third-order valence-corrected chi connectivity index (χ3v) is 3.99. The molecule has 1 aliphatic rings. The highest BCUT2D eigenvalue weighted by Crippen LogP contribution is 2.31. The molecule has 1 aromatic carbocycles. The minimum atomic E-state index is -0.176. The Morgan fingerprint density at radius 1 is 1.19 bits per heavy atom. The van der Waals surface area contributed by atoms with E-state index in [1.807, 2.05) is 23.5 Å². The second kappa shape index (κ2) is 4.00. The molecule has 0 saturated heterocycles. The van der Waals surface area contributed by atoms with Crippen LogP contribution >= 0.6 is 11.3 Å². The molecule has 0 bridgehead atoms. The van der Waals surface area contributed by atoms with Crippen molar-refractivity contribution in [3.05, 3.63) is 57.5 Å². The van der Waals surface area contributed by atoms with Crippen molar-refractivity contribution in [2.45, 2.75) is 12.5 Å². The zero-order valence-corrected chi connectivity index (χ0v) is 9.56. The highest BCUT2D eigenvalue weighted by molar-refractivity contribution is 7.10. The Bertz CT molecular complexity index is 489. The molecule has 2 aromatic rings. The first-order valence-electron chi connectivity index (χ1n) is 5.40. The van der Waals surface area contributed by atoms with Gasteiger partial charge in [0.2, 0.25) is 0 Å². The molecule has 16 heavy (non-hydrogen) atoms. The van der Waals surface area contributed by atoms with E-state index in [0.717, 1.165) is 18.5 Å². The van der Waals surface area contributed by atoms with Gasteiger partial charge in [-0.2, -0.15) is 0 Å². The highest BCUT2D eigenvalue weighted by Gasteiger charge is 2.21.